The summed E-state index contributed by atoms with van der Waals surface area (Å²) in [7, 11) is 0. The SMILES string of the molecule is CCCN(CC)C(=O)c1cc(-c2ncnc3[nH]cc(Cl)c23)c[nH]1. The second kappa shape index (κ2) is 6.42. The van der Waals surface area contributed by atoms with Crippen molar-refractivity contribution < 1.29 is 4.79 Å². The first-order chi connectivity index (χ1) is 11.2. The van der Waals surface area contributed by atoms with Crippen molar-refractivity contribution in [3.8, 4) is 11.3 Å². The van der Waals surface area contributed by atoms with Gasteiger partial charge >= 0.3 is 0 Å². The van der Waals surface area contributed by atoms with Crippen molar-refractivity contribution in [2.45, 2.75) is 20.3 Å². The van der Waals surface area contributed by atoms with Crippen LogP contribution in [0.4, 0.5) is 0 Å². The Morgan fingerprint density at radius 3 is 2.83 bits per heavy atom. The average Bonchev–Trinajstić information content (AvgIpc) is 3.19. The molecule has 3 aromatic rings. The molecule has 0 unspecified atom stereocenters. The summed E-state index contributed by atoms with van der Waals surface area (Å²) in [4.78, 5) is 28.9. The number of H-pyrrole nitrogens is 2. The molecule has 7 heteroatoms. The summed E-state index contributed by atoms with van der Waals surface area (Å²) in [5.41, 5.74) is 2.74. The Morgan fingerprint density at radius 2 is 2.09 bits per heavy atom. The molecule has 3 heterocycles. The van der Waals surface area contributed by atoms with Gasteiger partial charge in [0, 0.05) is 31.0 Å². The van der Waals surface area contributed by atoms with E-state index in [4.69, 9.17) is 11.6 Å². The summed E-state index contributed by atoms with van der Waals surface area (Å²) in [6.07, 6.45) is 5.87. The van der Waals surface area contributed by atoms with Crippen LogP contribution in [0.25, 0.3) is 22.3 Å². The van der Waals surface area contributed by atoms with Crippen molar-refractivity contribution in [1.29, 1.82) is 0 Å². The molecule has 0 saturated carbocycles. The van der Waals surface area contributed by atoms with Gasteiger partial charge in [-0.1, -0.05) is 18.5 Å². The van der Waals surface area contributed by atoms with Gasteiger partial charge in [0.1, 0.15) is 17.7 Å². The number of rotatable bonds is 5. The zero-order valence-corrected chi connectivity index (χ0v) is 13.8. The van der Waals surface area contributed by atoms with Crippen LogP contribution < -0.4 is 0 Å². The van der Waals surface area contributed by atoms with E-state index in [9.17, 15) is 4.79 Å². The molecule has 6 nitrogen and oxygen atoms in total. The highest BCUT2D eigenvalue weighted by Crippen LogP contribution is 2.31. The summed E-state index contributed by atoms with van der Waals surface area (Å²) in [6.45, 7) is 5.46. The lowest BCUT2D eigenvalue weighted by molar-refractivity contribution is 0.0759. The van der Waals surface area contributed by atoms with Gasteiger partial charge < -0.3 is 14.9 Å². The van der Waals surface area contributed by atoms with Crippen LogP contribution in [0.2, 0.25) is 5.02 Å². The first-order valence-electron chi connectivity index (χ1n) is 7.61. The summed E-state index contributed by atoms with van der Waals surface area (Å²) in [5.74, 6) is -0.00827. The lowest BCUT2D eigenvalue weighted by Crippen LogP contribution is -2.31. The van der Waals surface area contributed by atoms with E-state index < -0.39 is 0 Å². The van der Waals surface area contributed by atoms with Crippen molar-refractivity contribution in [2.75, 3.05) is 13.1 Å². The molecule has 0 saturated heterocycles. The number of carbonyl (C=O) groups is 1. The third-order valence-electron chi connectivity index (χ3n) is 3.77. The Kier molecular flexibility index (Phi) is 4.34. The highest BCUT2D eigenvalue weighted by Gasteiger charge is 2.18. The predicted octanol–water partition coefficient (Wildman–Crippen LogP) is 3.48. The average molecular weight is 332 g/mol. The van der Waals surface area contributed by atoms with Crippen molar-refractivity contribution in [3.05, 3.63) is 35.5 Å². The molecule has 1 amide bonds. The van der Waals surface area contributed by atoms with Gasteiger partial charge in [-0.15, -0.1) is 0 Å². The molecule has 0 fully saturated rings. The Labute approximate surface area is 138 Å². The third kappa shape index (κ3) is 2.82. The van der Waals surface area contributed by atoms with Crippen LogP contribution in [0, 0.1) is 0 Å². The molecule has 3 aromatic heterocycles. The van der Waals surface area contributed by atoms with Gasteiger partial charge in [0.15, 0.2) is 0 Å². The van der Waals surface area contributed by atoms with E-state index in [1.54, 1.807) is 12.4 Å². The molecule has 0 aromatic carbocycles. The van der Waals surface area contributed by atoms with Crippen LogP contribution in [0.1, 0.15) is 30.8 Å². The first kappa shape index (κ1) is 15.6. The zero-order valence-electron chi connectivity index (χ0n) is 13.1. The molecule has 23 heavy (non-hydrogen) atoms. The van der Waals surface area contributed by atoms with Crippen LogP contribution in [0.5, 0.6) is 0 Å². The number of aromatic amines is 2. The topological polar surface area (TPSA) is 77.7 Å². The van der Waals surface area contributed by atoms with Crippen molar-refractivity contribution in [1.82, 2.24) is 24.8 Å². The van der Waals surface area contributed by atoms with E-state index in [-0.39, 0.29) is 5.91 Å². The highest BCUT2D eigenvalue weighted by atomic mass is 35.5. The number of fused-ring (bicyclic) bond motifs is 1. The molecule has 3 rings (SSSR count). The largest absolute Gasteiger partial charge is 0.357 e. The Morgan fingerprint density at radius 1 is 1.26 bits per heavy atom. The highest BCUT2D eigenvalue weighted by molar-refractivity contribution is 6.36. The summed E-state index contributed by atoms with van der Waals surface area (Å²) in [5, 5.41) is 1.32. The maximum Gasteiger partial charge on any atom is 0.270 e. The Balaban J connectivity index is 1.98. The molecule has 0 aliphatic heterocycles. The van der Waals surface area contributed by atoms with Gasteiger partial charge in [-0.3, -0.25) is 4.79 Å². The Hall–Kier alpha value is -2.34. The minimum absolute atomic E-state index is 0.00827. The zero-order chi connectivity index (χ0) is 16.4. The van der Waals surface area contributed by atoms with E-state index in [0.717, 1.165) is 23.9 Å². The van der Waals surface area contributed by atoms with E-state index in [1.807, 2.05) is 17.9 Å². The maximum absolute atomic E-state index is 12.5. The van der Waals surface area contributed by atoms with Gasteiger partial charge in [0.2, 0.25) is 0 Å². The van der Waals surface area contributed by atoms with Gasteiger partial charge in [-0.2, -0.15) is 0 Å². The molecule has 0 spiro atoms. The smallest absolute Gasteiger partial charge is 0.270 e. The van der Waals surface area contributed by atoms with E-state index in [1.165, 1.54) is 6.33 Å². The van der Waals surface area contributed by atoms with E-state index in [0.29, 0.717) is 28.6 Å². The van der Waals surface area contributed by atoms with Crippen molar-refractivity contribution in [2.24, 2.45) is 0 Å². The third-order valence-corrected chi connectivity index (χ3v) is 4.07. The fourth-order valence-electron chi connectivity index (χ4n) is 2.64. The normalized spacial score (nSPS) is 11.1. The summed E-state index contributed by atoms with van der Waals surface area (Å²) in [6, 6.07) is 1.81. The molecule has 0 aliphatic carbocycles. The molecular weight excluding hydrogens is 314 g/mol. The number of nitrogens with one attached hydrogen (secondary N) is 2. The number of aromatic nitrogens is 4. The maximum atomic E-state index is 12.5. The number of hydrogen-bond acceptors (Lipinski definition) is 3. The molecule has 0 bridgehead atoms. The molecular formula is C16H18ClN5O. The predicted molar refractivity (Wildman–Crippen MR) is 90.6 cm³/mol. The Bertz CT molecular complexity index is 838. The number of carbonyl (C=O) groups excluding carboxylic acids is 1. The lowest BCUT2D eigenvalue weighted by atomic mass is 10.1. The van der Waals surface area contributed by atoms with Gasteiger partial charge in [0.05, 0.1) is 16.1 Å². The minimum atomic E-state index is -0.00827. The van der Waals surface area contributed by atoms with Gasteiger partial charge in [-0.05, 0) is 19.4 Å². The number of amides is 1. The van der Waals surface area contributed by atoms with Crippen LogP contribution in [0.15, 0.2) is 24.8 Å². The van der Waals surface area contributed by atoms with Gasteiger partial charge in [-0.25, -0.2) is 9.97 Å². The molecule has 0 aliphatic rings. The van der Waals surface area contributed by atoms with Crippen LogP contribution >= 0.6 is 11.6 Å². The standard InChI is InChI=1S/C16H18ClN5O/c1-3-5-22(4-2)16(23)12-6-10(7-18-12)14-13-11(17)8-19-15(13)21-9-20-14/h6-9,18H,3-5H2,1-2H3,(H,19,20,21). The number of halogens is 1. The number of nitrogens with zero attached hydrogens (tertiary/aromatic N) is 3. The van der Waals surface area contributed by atoms with E-state index >= 15 is 0 Å². The minimum Gasteiger partial charge on any atom is -0.357 e. The molecule has 2 N–H and O–H groups in total. The quantitative estimate of drug-likeness (QED) is 0.751. The van der Waals surface area contributed by atoms with Crippen LogP contribution in [-0.2, 0) is 0 Å². The van der Waals surface area contributed by atoms with Crippen molar-refractivity contribution in [3.63, 3.8) is 0 Å². The fraction of sp³-hybridized carbons (Fsp3) is 0.312. The summed E-state index contributed by atoms with van der Waals surface area (Å²) >= 11 is 6.21. The lowest BCUT2D eigenvalue weighted by Gasteiger charge is -2.18. The fourth-order valence-corrected chi connectivity index (χ4v) is 2.88. The summed E-state index contributed by atoms with van der Waals surface area (Å²) < 4.78 is 0. The van der Waals surface area contributed by atoms with Crippen LogP contribution in [-0.4, -0.2) is 43.8 Å². The second-order valence-corrected chi connectivity index (χ2v) is 5.68. The van der Waals surface area contributed by atoms with Crippen molar-refractivity contribution >= 4 is 28.5 Å². The molecule has 0 atom stereocenters. The van der Waals surface area contributed by atoms with Crippen LogP contribution in [0.3, 0.4) is 0 Å². The van der Waals surface area contributed by atoms with Gasteiger partial charge in [0.25, 0.3) is 5.91 Å². The second-order valence-electron chi connectivity index (χ2n) is 5.27. The molecule has 0 radical (unpaired) electrons. The van der Waals surface area contributed by atoms with E-state index in [2.05, 4.69) is 26.9 Å². The number of hydrogen-bond donors (Lipinski definition) is 2. The monoisotopic (exact) mass is 331 g/mol. The molecule has 120 valence electrons. The first-order valence-corrected chi connectivity index (χ1v) is 7.99.